The van der Waals surface area contributed by atoms with Crippen LogP contribution < -0.4 is 4.74 Å². The van der Waals surface area contributed by atoms with E-state index in [1.165, 1.54) is 25.7 Å². The minimum atomic E-state index is -0.108. The molecule has 0 N–H and O–H groups in total. The van der Waals surface area contributed by atoms with Gasteiger partial charge in [0.1, 0.15) is 12.4 Å². The van der Waals surface area contributed by atoms with Crippen molar-refractivity contribution in [3.05, 3.63) is 28.3 Å². The van der Waals surface area contributed by atoms with E-state index in [2.05, 4.69) is 0 Å². The van der Waals surface area contributed by atoms with E-state index in [4.69, 9.17) is 25.8 Å². The molecule has 4 nitrogen and oxygen atoms in total. The Morgan fingerprint density at radius 1 is 1.30 bits per heavy atom. The van der Waals surface area contributed by atoms with Crippen molar-refractivity contribution in [2.75, 3.05) is 6.79 Å². The fraction of sp³-hybridized carbons (Fsp3) is 0.611. The summed E-state index contributed by atoms with van der Waals surface area (Å²) in [6, 6.07) is 3.63. The zero-order chi connectivity index (χ0) is 15.8. The highest BCUT2D eigenvalue weighted by Gasteiger charge is 2.40. The second-order valence-corrected chi connectivity index (χ2v) is 7.40. The topological polar surface area (TPSA) is 44.8 Å². The first-order chi connectivity index (χ1) is 11.2. The minimum absolute atomic E-state index is 0.108. The Bertz CT molecular complexity index is 615. The Labute approximate surface area is 141 Å². The first-order valence-corrected chi connectivity index (χ1v) is 8.74. The highest BCUT2D eigenvalue weighted by molar-refractivity contribution is 6.30. The van der Waals surface area contributed by atoms with E-state index in [-0.39, 0.29) is 19.4 Å². The summed E-state index contributed by atoms with van der Waals surface area (Å²) in [6.45, 7) is 0.908. The summed E-state index contributed by atoms with van der Waals surface area (Å²) in [5, 5.41) is 0.608. The molecule has 2 saturated carbocycles. The highest BCUT2D eigenvalue weighted by Crippen LogP contribution is 2.49. The summed E-state index contributed by atoms with van der Waals surface area (Å²) >= 11 is 6.13. The molecule has 1 aliphatic heterocycles. The zero-order valence-corrected chi connectivity index (χ0v) is 13.8. The van der Waals surface area contributed by atoms with E-state index in [1.807, 2.05) is 6.07 Å². The standard InChI is InChI=1S/C18H21ClO4/c19-16-5-14-8-21-10-23-18(14)15(6-16)9-22-17(20)7-13-4-11-1-2-12(13)3-11/h5-6,11-13H,1-4,7-10H2/t11-,12+,13+/m0/s1. The molecule has 2 aliphatic carbocycles. The summed E-state index contributed by atoms with van der Waals surface area (Å²) in [7, 11) is 0. The largest absolute Gasteiger partial charge is 0.467 e. The lowest BCUT2D eigenvalue weighted by Crippen LogP contribution is -2.18. The molecule has 0 radical (unpaired) electrons. The first kappa shape index (κ1) is 15.3. The summed E-state index contributed by atoms with van der Waals surface area (Å²) in [5.41, 5.74) is 1.72. The maximum Gasteiger partial charge on any atom is 0.306 e. The fourth-order valence-corrected chi connectivity index (χ4v) is 4.69. The van der Waals surface area contributed by atoms with Gasteiger partial charge in [0.15, 0.2) is 6.79 Å². The van der Waals surface area contributed by atoms with Crippen LogP contribution in [-0.4, -0.2) is 12.8 Å². The van der Waals surface area contributed by atoms with Crippen LogP contribution in [0.4, 0.5) is 0 Å². The predicted octanol–water partition coefficient (Wildman–Crippen LogP) is 4.08. The Morgan fingerprint density at radius 3 is 3.00 bits per heavy atom. The van der Waals surface area contributed by atoms with E-state index < -0.39 is 0 Å². The molecule has 3 aliphatic rings. The Balaban J connectivity index is 1.37. The Morgan fingerprint density at radius 2 is 2.22 bits per heavy atom. The van der Waals surface area contributed by atoms with Crippen LogP contribution in [0.2, 0.25) is 5.02 Å². The van der Waals surface area contributed by atoms with E-state index in [0.717, 1.165) is 28.7 Å². The molecule has 124 valence electrons. The molecule has 1 aromatic rings. The predicted molar refractivity (Wildman–Crippen MR) is 85.1 cm³/mol. The maximum atomic E-state index is 12.2. The van der Waals surface area contributed by atoms with Crippen LogP contribution in [0.15, 0.2) is 12.1 Å². The number of carbonyl (C=O) groups excluding carboxylic acids is 1. The van der Waals surface area contributed by atoms with Gasteiger partial charge < -0.3 is 14.2 Å². The van der Waals surface area contributed by atoms with Gasteiger partial charge in [-0.25, -0.2) is 0 Å². The number of ether oxygens (including phenoxy) is 3. The van der Waals surface area contributed by atoms with Crippen molar-refractivity contribution in [2.24, 2.45) is 17.8 Å². The number of fused-ring (bicyclic) bond motifs is 3. The van der Waals surface area contributed by atoms with E-state index >= 15 is 0 Å². The molecule has 1 aromatic carbocycles. The Hall–Kier alpha value is -1.26. The van der Waals surface area contributed by atoms with Crippen LogP contribution >= 0.6 is 11.6 Å². The average molecular weight is 337 g/mol. The molecular weight excluding hydrogens is 316 g/mol. The molecule has 1 heterocycles. The van der Waals surface area contributed by atoms with E-state index in [0.29, 0.717) is 24.0 Å². The Kier molecular flexibility index (Phi) is 4.20. The second kappa shape index (κ2) is 6.33. The van der Waals surface area contributed by atoms with Crippen LogP contribution in [0.1, 0.15) is 43.2 Å². The number of halogens is 1. The number of esters is 1. The molecule has 0 unspecified atom stereocenters. The number of hydrogen-bond acceptors (Lipinski definition) is 4. The quantitative estimate of drug-likeness (QED) is 0.777. The van der Waals surface area contributed by atoms with Gasteiger partial charge in [-0.2, -0.15) is 0 Å². The summed E-state index contributed by atoms with van der Waals surface area (Å²) in [4.78, 5) is 12.2. The average Bonchev–Trinajstić information content (AvgIpc) is 3.15. The van der Waals surface area contributed by atoms with Gasteiger partial charge in [-0.15, -0.1) is 0 Å². The smallest absolute Gasteiger partial charge is 0.306 e. The van der Waals surface area contributed by atoms with Crippen LogP contribution in [-0.2, 0) is 27.5 Å². The van der Waals surface area contributed by atoms with E-state index in [9.17, 15) is 4.79 Å². The summed E-state index contributed by atoms with van der Waals surface area (Å²) in [5.74, 6) is 2.76. The van der Waals surface area contributed by atoms with Crippen LogP contribution in [0.25, 0.3) is 0 Å². The maximum absolute atomic E-state index is 12.2. The highest BCUT2D eigenvalue weighted by atomic mass is 35.5. The van der Waals surface area contributed by atoms with Crippen molar-refractivity contribution >= 4 is 17.6 Å². The lowest BCUT2D eigenvalue weighted by molar-refractivity contribution is -0.146. The third kappa shape index (κ3) is 3.20. The SMILES string of the molecule is O=C(C[C@H]1C[C@H]2CC[C@@H]1C2)OCc1cc(Cl)cc2c1OCOC2. The number of hydrogen-bond donors (Lipinski definition) is 0. The minimum Gasteiger partial charge on any atom is -0.467 e. The molecule has 0 aromatic heterocycles. The molecule has 2 bridgehead atoms. The van der Waals surface area contributed by atoms with Gasteiger partial charge in [-0.1, -0.05) is 18.0 Å². The van der Waals surface area contributed by atoms with Crippen molar-refractivity contribution in [2.45, 2.75) is 45.3 Å². The van der Waals surface area contributed by atoms with Crippen molar-refractivity contribution in [1.82, 2.24) is 0 Å². The lowest BCUT2D eigenvalue weighted by Gasteiger charge is -2.22. The third-order valence-corrected chi connectivity index (χ3v) is 5.67. The molecule has 0 spiro atoms. The van der Waals surface area contributed by atoms with Crippen LogP contribution in [0, 0.1) is 17.8 Å². The van der Waals surface area contributed by atoms with Crippen molar-refractivity contribution < 1.29 is 19.0 Å². The molecule has 2 fully saturated rings. The van der Waals surface area contributed by atoms with Crippen LogP contribution in [0.3, 0.4) is 0 Å². The summed E-state index contributed by atoms with van der Waals surface area (Å²) in [6.07, 6.45) is 5.71. The monoisotopic (exact) mass is 336 g/mol. The fourth-order valence-electron chi connectivity index (χ4n) is 4.42. The molecule has 0 amide bonds. The molecular formula is C18H21ClO4. The normalized spacial score (nSPS) is 28.3. The van der Waals surface area contributed by atoms with Crippen molar-refractivity contribution in [3.63, 3.8) is 0 Å². The molecule has 3 atom stereocenters. The van der Waals surface area contributed by atoms with Gasteiger partial charge in [0.05, 0.1) is 6.61 Å². The van der Waals surface area contributed by atoms with Gasteiger partial charge in [0.25, 0.3) is 0 Å². The zero-order valence-electron chi connectivity index (χ0n) is 13.1. The van der Waals surface area contributed by atoms with Gasteiger partial charge in [0, 0.05) is 22.6 Å². The second-order valence-electron chi connectivity index (χ2n) is 6.96. The molecule has 0 saturated heterocycles. The first-order valence-electron chi connectivity index (χ1n) is 8.36. The molecule has 4 rings (SSSR count). The molecule has 5 heteroatoms. The summed E-state index contributed by atoms with van der Waals surface area (Å²) < 4.78 is 16.3. The van der Waals surface area contributed by atoms with Crippen molar-refractivity contribution in [1.29, 1.82) is 0 Å². The molecule has 23 heavy (non-hydrogen) atoms. The number of carbonyl (C=O) groups is 1. The lowest BCUT2D eigenvalue weighted by atomic mass is 9.86. The van der Waals surface area contributed by atoms with Gasteiger partial charge in [0.2, 0.25) is 0 Å². The van der Waals surface area contributed by atoms with Crippen molar-refractivity contribution in [3.8, 4) is 5.75 Å². The van der Waals surface area contributed by atoms with Gasteiger partial charge in [-0.3, -0.25) is 4.79 Å². The number of rotatable bonds is 4. The van der Waals surface area contributed by atoms with Gasteiger partial charge >= 0.3 is 5.97 Å². The number of benzene rings is 1. The third-order valence-electron chi connectivity index (χ3n) is 5.45. The van der Waals surface area contributed by atoms with E-state index in [1.54, 1.807) is 6.07 Å². The van der Waals surface area contributed by atoms with Gasteiger partial charge in [-0.05, 0) is 49.1 Å². The van der Waals surface area contributed by atoms with Crippen LogP contribution in [0.5, 0.6) is 5.75 Å².